The van der Waals surface area contributed by atoms with E-state index in [0.29, 0.717) is 0 Å². The van der Waals surface area contributed by atoms with Gasteiger partial charge in [-0.3, -0.25) is 0 Å². The average molecular weight is 308 g/mol. The topological polar surface area (TPSA) is 46.5 Å². The summed E-state index contributed by atoms with van der Waals surface area (Å²) in [6, 6.07) is 2.22. The zero-order chi connectivity index (χ0) is 15.6. The van der Waals surface area contributed by atoms with Gasteiger partial charge in [0, 0.05) is 17.0 Å². The number of ether oxygens (including phenoxy) is 1. The van der Waals surface area contributed by atoms with Gasteiger partial charge in [0.25, 0.3) is 0 Å². The van der Waals surface area contributed by atoms with Crippen molar-refractivity contribution in [2.24, 2.45) is 5.92 Å². The van der Waals surface area contributed by atoms with Crippen LogP contribution in [0.25, 0.3) is 0 Å². The van der Waals surface area contributed by atoms with Crippen molar-refractivity contribution in [2.45, 2.75) is 31.0 Å². The summed E-state index contributed by atoms with van der Waals surface area (Å²) >= 11 is 0. The normalized spacial score (nSPS) is 26.1. The van der Waals surface area contributed by atoms with E-state index in [0.717, 1.165) is 12.1 Å². The van der Waals surface area contributed by atoms with Gasteiger partial charge in [-0.2, -0.15) is 22.0 Å². The molecule has 2 aliphatic rings. The summed E-state index contributed by atoms with van der Waals surface area (Å²) in [6.45, 7) is 0. The summed E-state index contributed by atoms with van der Waals surface area (Å²) in [5.41, 5.74) is -0.643. The Hall–Kier alpha value is -1.86. The maximum Gasteiger partial charge on any atom is 0.402 e. The first-order valence-electron chi connectivity index (χ1n) is 6.13. The summed E-state index contributed by atoms with van der Waals surface area (Å²) < 4.78 is 69.0. The Morgan fingerprint density at radius 1 is 1.33 bits per heavy atom. The zero-order valence-corrected chi connectivity index (χ0v) is 10.4. The first-order chi connectivity index (χ1) is 9.60. The van der Waals surface area contributed by atoms with Gasteiger partial charge in [-0.1, -0.05) is 6.07 Å². The second-order valence-corrected chi connectivity index (χ2v) is 5.23. The quantitative estimate of drug-likeness (QED) is 0.850. The van der Waals surface area contributed by atoms with Crippen LogP contribution in [0.1, 0.15) is 33.8 Å². The number of halogens is 5. The fourth-order valence-electron chi connectivity index (χ4n) is 2.74. The molecule has 0 amide bonds. The minimum atomic E-state index is -4.48. The molecular weight excluding hydrogens is 299 g/mol. The van der Waals surface area contributed by atoms with Crippen molar-refractivity contribution < 1.29 is 36.6 Å². The smallest absolute Gasteiger partial charge is 0.402 e. The second-order valence-electron chi connectivity index (χ2n) is 5.23. The van der Waals surface area contributed by atoms with Gasteiger partial charge in [0.15, 0.2) is 0 Å². The predicted molar refractivity (Wildman–Crippen MR) is 59.6 cm³/mol. The zero-order valence-electron chi connectivity index (χ0n) is 10.4. The van der Waals surface area contributed by atoms with Crippen molar-refractivity contribution >= 4 is 5.97 Å². The maximum atomic E-state index is 13.3. The van der Waals surface area contributed by atoms with E-state index in [9.17, 15) is 26.7 Å². The number of alkyl halides is 5. The third-order valence-corrected chi connectivity index (χ3v) is 3.74. The van der Waals surface area contributed by atoms with E-state index in [1.165, 1.54) is 0 Å². The molecule has 3 rings (SSSR count). The van der Waals surface area contributed by atoms with E-state index in [1.54, 1.807) is 0 Å². The molecule has 1 aromatic rings. The molecule has 2 atom stereocenters. The Kier molecular flexibility index (Phi) is 2.74. The van der Waals surface area contributed by atoms with E-state index in [1.807, 2.05) is 0 Å². The van der Waals surface area contributed by atoms with Crippen LogP contribution in [-0.2, 0) is 6.42 Å². The number of aromatic carboxylic acids is 1. The molecule has 114 valence electrons. The van der Waals surface area contributed by atoms with Gasteiger partial charge in [0.1, 0.15) is 5.75 Å². The number of carboxylic acids is 1. The molecular formula is C13H9F5O3. The van der Waals surface area contributed by atoms with E-state index < -0.39 is 47.8 Å². The van der Waals surface area contributed by atoms with Crippen molar-refractivity contribution in [1.29, 1.82) is 0 Å². The van der Waals surface area contributed by atoms with Gasteiger partial charge in [0.2, 0.25) is 0 Å². The minimum absolute atomic E-state index is 0.0350. The fraction of sp³-hybridized carbons (Fsp3) is 0.462. The van der Waals surface area contributed by atoms with Crippen LogP contribution >= 0.6 is 0 Å². The Morgan fingerprint density at radius 2 is 2.00 bits per heavy atom. The van der Waals surface area contributed by atoms with Crippen molar-refractivity contribution in [3.8, 4) is 5.75 Å². The molecule has 1 aromatic carbocycles. The van der Waals surface area contributed by atoms with Crippen LogP contribution in [0.2, 0.25) is 0 Å². The molecule has 0 radical (unpaired) electrons. The highest BCUT2D eigenvalue weighted by molar-refractivity contribution is 5.91. The lowest BCUT2D eigenvalue weighted by Crippen LogP contribution is -2.21. The Labute approximate surface area is 115 Å². The summed E-state index contributed by atoms with van der Waals surface area (Å²) in [4.78, 5) is 11.1. The van der Waals surface area contributed by atoms with E-state index in [4.69, 9.17) is 5.11 Å². The molecule has 8 heteroatoms. The summed E-state index contributed by atoms with van der Waals surface area (Å²) in [6.07, 6.45) is -9.07. The Balaban J connectivity index is 2.07. The highest BCUT2D eigenvalue weighted by atomic mass is 19.4. The standard InChI is InChI=1S/C13H9F5O3/c14-12(15)4-5-1-2-6(11(19)20)9(10(5)21-12)7-3-8(7)13(16,17)18/h1-2,7-8H,3-4H2,(H,19,20). The number of rotatable bonds is 2. The van der Waals surface area contributed by atoms with Crippen LogP contribution in [0.15, 0.2) is 12.1 Å². The number of benzene rings is 1. The van der Waals surface area contributed by atoms with Crippen LogP contribution in [0, 0.1) is 5.92 Å². The van der Waals surface area contributed by atoms with E-state index >= 15 is 0 Å². The SMILES string of the molecule is O=C(O)c1ccc2c(c1C1CC1C(F)(F)F)OC(F)(F)C2. The van der Waals surface area contributed by atoms with Gasteiger partial charge in [-0.25, -0.2) is 4.79 Å². The van der Waals surface area contributed by atoms with Crippen molar-refractivity contribution in [3.63, 3.8) is 0 Å². The lowest BCUT2D eigenvalue weighted by atomic mass is 9.97. The molecule has 0 aromatic heterocycles. The molecule has 1 aliphatic carbocycles. The van der Waals surface area contributed by atoms with Crippen LogP contribution in [0.3, 0.4) is 0 Å². The molecule has 1 N–H and O–H groups in total. The molecule has 0 spiro atoms. The first kappa shape index (κ1) is 14.1. The van der Waals surface area contributed by atoms with Crippen LogP contribution in [0.4, 0.5) is 22.0 Å². The molecule has 21 heavy (non-hydrogen) atoms. The molecule has 1 fully saturated rings. The van der Waals surface area contributed by atoms with E-state index in [2.05, 4.69) is 4.74 Å². The van der Waals surface area contributed by atoms with Gasteiger partial charge < -0.3 is 9.84 Å². The monoisotopic (exact) mass is 308 g/mol. The van der Waals surface area contributed by atoms with Crippen LogP contribution < -0.4 is 4.74 Å². The number of fused-ring (bicyclic) bond motifs is 1. The lowest BCUT2D eigenvalue weighted by Gasteiger charge is -2.14. The summed E-state index contributed by atoms with van der Waals surface area (Å²) in [5.74, 6) is -4.71. The highest BCUT2D eigenvalue weighted by Gasteiger charge is 2.58. The molecule has 0 saturated heterocycles. The van der Waals surface area contributed by atoms with Crippen LogP contribution in [0.5, 0.6) is 5.75 Å². The molecule has 1 aliphatic heterocycles. The van der Waals surface area contributed by atoms with Gasteiger partial charge in [0.05, 0.1) is 17.9 Å². The van der Waals surface area contributed by atoms with Crippen molar-refractivity contribution in [1.82, 2.24) is 0 Å². The molecule has 2 unspecified atom stereocenters. The van der Waals surface area contributed by atoms with Gasteiger partial charge >= 0.3 is 18.3 Å². The second kappa shape index (κ2) is 4.08. The van der Waals surface area contributed by atoms with E-state index in [-0.39, 0.29) is 17.5 Å². The third kappa shape index (κ3) is 2.32. The molecule has 0 bridgehead atoms. The predicted octanol–water partition coefficient (Wildman–Crippen LogP) is 3.58. The molecule has 1 heterocycles. The Bertz CT molecular complexity index is 623. The molecule has 3 nitrogen and oxygen atoms in total. The van der Waals surface area contributed by atoms with Crippen molar-refractivity contribution in [2.75, 3.05) is 0 Å². The minimum Gasteiger partial charge on any atom is -0.478 e. The third-order valence-electron chi connectivity index (χ3n) is 3.74. The largest absolute Gasteiger partial charge is 0.478 e. The summed E-state index contributed by atoms with van der Waals surface area (Å²) in [5, 5.41) is 9.07. The highest BCUT2D eigenvalue weighted by Crippen LogP contribution is 2.60. The van der Waals surface area contributed by atoms with Gasteiger partial charge in [-0.15, -0.1) is 0 Å². The average Bonchev–Trinajstić information content (AvgIpc) is 3.03. The number of carboxylic acid groups (broad SMARTS) is 1. The van der Waals surface area contributed by atoms with Crippen LogP contribution in [-0.4, -0.2) is 23.4 Å². The maximum absolute atomic E-state index is 13.3. The fourth-order valence-corrected chi connectivity index (χ4v) is 2.74. The van der Waals surface area contributed by atoms with Gasteiger partial charge in [-0.05, 0) is 12.5 Å². The lowest BCUT2D eigenvalue weighted by molar-refractivity contribution is -0.159. The number of hydrogen-bond donors (Lipinski definition) is 1. The molecule has 1 saturated carbocycles. The van der Waals surface area contributed by atoms with Crippen molar-refractivity contribution in [3.05, 3.63) is 28.8 Å². The first-order valence-corrected chi connectivity index (χ1v) is 6.13. The number of hydrogen-bond acceptors (Lipinski definition) is 2. The Morgan fingerprint density at radius 3 is 2.52 bits per heavy atom. The number of carbonyl (C=O) groups is 1. The summed E-state index contributed by atoms with van der Waals surface area (Å²) in [7, 11) is 0.